The lowest BCUT2D eigenvalue weighted by Gasteiger charge is -2.24. The molecule has 4 rings (SSSR count). The minimum absolute atomic E-state index is 0. The first kappa shape index (κ1) is 21.2. The van der Waals surface area contributed by atoms with Crippen LogP contribution >= 0.6 is 23.7 Å². The van der Waals surface area contributed by atoms with E-state index in [9.17, 15) is 9.18 Å². The van der Waals surface area contributed by atoms with Gasteiger partial charge in [0.15, 0.2) is 0 Å². The Morgan fingerprint density at radius 3 is 2.71 bits per heavy atom. The Morgan fingerprint density at radius 1 is 1.21 bits per heavy atom. The number of hydrogen-bond acceptors (Lipinski definition) is 4. The van der Waals surface area contributed by atoms with Gasteiger partial charge in [0.2, 0.25) is 5.91 Å². The minimum Gasteiger partial charge on any atom is -0.348 e. The molecule has 0 saturated carbocycles. The predicted octanol–water partition coefficient (Wildman–Crippen LogP) is 4.64. The van der Waals surface area contributed by atoms with Crippen molar-refractivity contribution in [2.45, 2.75) is 51.0 Å². The average molecular weight is 424 g/mol. The number of thiazole rings is 1. The smallest absolute Gasteiger partial charge is 0.220 e. The summed E-state index contributed by atoms with van der Waals surface area (Å²) in [5.41, 5.74) is 2.03. The van der Waals surface area contributed by atoms with Crippen molar-refractivity contribution < 1.29 is 9.18 Å². The number of fused-ring (bicyclic) bond motifs is 1. The Balaban J connectivity index is 0.00000225. The molecule has 2 N–H and O–H groups in total. The SMILES string of the molecule is Cl.O=C(CCC1CCNCC1)NC1CCCc2nc(-c3ccc(F)cc3)sc21. The zero-order valence-corrected chi connectivity index (χ0v) is 17.5. The molecule has 1 saturated heterocycles. The van der Waals surface area contributed by atoms with Gasteiger partial charge < -0.3 is 10.6 Å². The number of hydrogen-bond donors (Lipinski definition) is 2. The second kappa shape index (κ2) is 9.81. The molecule has 1 amide bonds. The van der Waals surface area contributed by atoms with E-state index in [1.165, 1.54) is 29.9 Å². The molecule has 4 nitrogen and oxygen atoms in total. The lowest BCUT2D eigenvalue weighted by molar-refractivity contribution is -0.122. The molecule has 1 aliphatic heterocycles. The lowest BCUT2D eigenvalue weighted by Crippen LogP contribution is -2.32. The topological polar surface area (TPSA) is 54.0 Å². The molecule has 1 aromatic carbocycles. The third-order valence-corrected chi connectivity index (χ3v) is 6.88. The Morgan fingerprint density at radius 2 is 1.96 bits per heavy atom. The Kier molecular flexibility index (Phi) is 7.43. The molecule has 2 heterocycles. The van der Waals surface area contributed by atoms with E-state index in [4.69, 9.17) is 4.98 Å². The van der Waals surface area contributed by atoms with Gasteiger partial charge in [-0.2, -0.15) is 0 Å². The summed E-state index contributed by atoms with van der Waals surface area (Å²) in [6.45, 7) is 2.15. The summed E-state index contributed by atoms with van der Waals surface area (Å²) in [7, 11) is 0. The van der Waals surface area contributed by atoms with Crippen molar-refractivity contribution in [3.8, 4) is 10.6 Å². The van der Waals surface area contributed by atoms with Crippen molar-refractivity contribution >= 4 is 29.7 Å². The quantitative estimate of drug-likeness (QED) is 0.736. The van der Waals surface area contributed by atoms with Crippen LogP contribution in [0.25, 0.3) is 10.6 Å². The summed E-state index contributed by atoms with van der Waals surface area (Å²) in [4.78, 5) is 18.4. The molecule has 1 unspecified atom stereocenters. The number of piperidine rings is 1. The van der Waals surface area contributed by atoms with Gasteiger partial charge in [0.1, 0.15) is 10.8 Å². The summed E-state index contributed by atoms with van der Waals surface area (Å²) in [6, 6.07) is 6.55. The Labute approximate surface area is 175 Å². The van der Waals surface area contributed by atoms with Crippen molar-refractivity contribution in [1.82, 2.24) is 15.6 Å². The van der Waals surface area contributed by atoms with Crippen LogP contribution < -0.4 is 10.6 Å². The normalized spacial score (nSPS) is 19.5. The van der Waals surface area contributed by atoms with Gasteiger partial charge in [-0.15, -0.1) is 23.7 Å². The fourth-order valence-corrected chi connectivity index (χ4v) is 5.25. The second-order valence-corrected chi connectivity index (χ2v) is 8.61. The summed E-state index contributed by atoms with van der Waals surface area (Å²) >= 11 is 1.63. The number of benzene rings is 1. The van der Waals surface area contributed by atoms with Gasteiger partial charge in [-0.3, -0.25) is 4.79 Å². The molecule has 1 aromatic heterocycles. The largest absolute Gasteiger partial charge is 0.348 e. The fourth-order valence-electron chi connectivity index (χ4n) is 4.05. The van der Waals surface area contributed by atoms with Crippen LogP contribution in [0, 0.1) is 11.7 Å². The highest BCUT2D eigenvalue weighted by Gasteiger charge is 2.26. The maximum absolute atomic E-state index is 13.2. The molecule has 0 radical (unpaired) electrons. The minimum atomic E-state index is -0.237. The molecule has 2 aromatic rings. The Hall–Kier alpha value is -1.50. The van der Waals surface area contributed by atoms with E-state index in [1.807, 2.05) is 0 Å². The summed E-state index contributed by atoms with van der Waals surface area (Å²) in [5, 5.41) is 7.53. The van der Waals surface area contributed by atoms with Crippen LogP contribution in [0.1, 0.15) is 55.1 Å². The number of aromatic nitrogens is 1. The second-order valence-electron chi connectivity index (χ2n) is 7.58. The van der Waals surface area contributed by atoms with Crippen molar-refractivity contribution in [3.63, 3.8) is 0 Å². The number of rotatable bonds is 5. The standard InChI is InChI=1S/C21H26FN3OS.ClH/c22-16-7-5-15(6-8-16)21-25-18-3-1-2-17(20(18)27-21)24-19(26)9-4-14-10-12-23-13-11-14;/h5-8,14,17,23H,1-4,9-13H2,(H,24,26);1H. The molecular formula is C21H27ClFN3OS. The van der Waals surface area contributed by atoms with Crippen LogP contribution in [-0.4, -0.2) is 24.0 Å². The number of nitrogens with one attached hydrogen (secondary N) is 2. The molecule has 1 aliphatic carbocycles. The molecule has 28 heavy (non-hydrogen) atoms. The van der Waals surface area contributed by atoms with Crippen molar-refractivity contribution in [3.05, 3.63) is 40.7 Å². The van der Waals surface area contributed by atoms with Crippen LogP contribution in [0.15, 0.2) is 24.3 Å². The third-order valence-electron chi connectivity index (χ3n) is 5.62. The molecule has 1 fully saturated rings. The number of carbonyl (C=O) groups is 1. The van der Waals surface area contributed by atoms with Gasteiger partial charge >= 0.3 is 0 Å². The number of nitrogens with zero attached hydrogens (tertiary/aromatic N) is 1. The zero-order valence-electron chi connectivity index (χ0n) is 15.9. The first-order valence-electron chi connectivity index (χ1n) is 9.94. The number of carbonyl (C=O) groups excluding carboxylic acids is 1. The van der Waals surface area contributed by atoms with Crippen LogP contribution in [0.2, 0.25) is 0 Å². The molecular weight excluding hydrogens is 397 g/mol. The first-order chi connectivity index (χ1) is 13.2. The summed E-state index contributed by atoms with van der Waals surface area (Å²) < 4.78 is 13.2. The average Bonchev–Trinajstić information content (AvgIpc) is 3.13. The first-order valence-corrected chi connectivity index (χ1v) is 10.8. The zero-order chi connectivity index (χ0) is 18.6. The highest BCUT2D eigenvalue weighted by Crippen LogP contribution is 2.38. The van der Waals surface area contributed by atoms with E-state index in [1.54, 1.807) is 23.5 Å². The molecule has 0 spiro atoms. The van der Waals surface area contributed by atoms with Crippen LogP contribution in [0.4, 0.5) is 4.39 Å². The van der Waals surface area contributed by atoms with Gasteiger partial charge in [0, 0.05) is 12.0 Å². The van der Waals surface area contributed by atoms with Crippen molar-refractivity contribution in [1.29, 1.82) is 0 Å². The lowest BCUT2D eigenvalue weighted by atomic mass is 9.92. The van der Waals surface area contributed by atoms with Gasteiger partial charge in [-0.25, -0.2) is 9.37 Å². The van der Waals surface area contributed by atoms with Gasteiger partial charge in [-0.05, 0) is 81.8 Å². The third kappa shape index (κ3) is 5.10. The van der Waals surface area contributed by atoms with E-state index in [0.717, 1.165) is 55.0 Å². The van der Waals surface area contributed by atoms with E-state index < -0.39 is 0 Å². The van der Waals surface area contributed by atoms with Gasteiger partial charge in [0.05, 0.1) is 16.6 Å². The molecule has 1 atom stereocenters. The van der Waals surface area contributed by atoms with Crippen molar-refractivity contribution in [2.75, 3.05) is 13.1 Å². The maximum atomic E-state index is 13.2. The molecule has 7 heteroatoms. The monoisotopic (exact) mass is 423 g/mol. The molecule has 152 valence electrons. The fraction of sp³-hybridized carbons (Fsp3) is 0.524. The van der Waals surface area contributed by atoms with Crippen LogP contribution in [-0.2, 0) is 11.2 Å². The molecule has 2 aliphatic rings. The molecule has 0 bridgehead atoms. The number of amides is 1. The number of halogens is 2. The van der Waals surface area contributed by atoms with Crippen LogP contribution in [0.5, 0.6) is 0 Å². The van der Waals surface area contributed by atoms with E-state index in [-0.39, 0.29) is 30.2 Å². The van der Waals surface area contributed by atoms with E-state index in [0.29, 0.717) is 12.3 Å². The van der Waals surface area contributed by atoms with E-state index in [2.05, 4.69) is 10.6 Å². The predicted molar refractivity (Wildman–Crippen MR) is 113 cm³/mol. The summed E-state index contributed by atoms with van der Waals surface area (Å²) in [5.74, 6) is 0.592. The number of aryl methyl sites for hydroxylation is 1. The highest BCUT2D eigenvalue weighted by atomic mass is 35.5. The Bertz CT molecular complexity index is 789. The van der Waals surface area contributed by atoms with Gasteiger partial charge in [0.25, 0.3) is 0 Å². The van der Waals surface area contributed by atoms with Crippen LogP contribution in [0.3, 0.4) is 0 Å². The summed E-state index contributed by atoms with van der Waals surface area (Å²) in [6.07, 6.45) is 6.91. The van der Waals surface area contributed by atoms with Gasteiger partial charge in [-0.1, -0.05) is 0 Å². The van der Waals surface area contributed by atoms with Crippen molar-refractivity contribution in [2.24, 2.45) is 5.92 Å². The highest BCUT2D eigenvalue weighted by molar-refractivity contribution is 7.15. The van der Waals surface area contributed by atoms with E-state index >= 15 is 0 Å². The maximum Gasteiger partial charge on any atom is 0.220 e.